The molecular weight excluding hydrogens is 334 g/mol. The van der Waals surface area contributed by atoms with Crippen molar-refractivity contribution < 1.29 is 4.79 Å². The van der Waals surface area contributed by atoms with Crippen LogP contribution in [0.5, 0.6) is 0 Å². The van der Waals surface area contributed by atoms with Gasteiger partial charge in [0, 0.05) is 4.47 Å². The summed E-state index contributed by atoms with van der Waals surface area (Å²) in [6.07, 6.45) is 0.786. The molecule has 0 fully saturated rings. The van der Waals surface area contributed by atoms with Gasteiger partial charge in [-0.05, 0) is 25.0 Å². The van der Waals surface area contributed by atoms with Gasteiger partial charge in [0.2, 0.25) is 5.91 Å². The van der Waals surface area contributed by atoms with Crippen molar-refractivity contribution in [2.45, 2.75) is 31.1 Å². The normalized spacial score (nSPS) is 14.2. The highest BCUT2D eigenvalue weighted by atomic mass is 79.9. The van der Waals surface area contributed by atoms with Gasteiger partial charge in [-0.25, -0.2) is 0 Å². The molecule has 1 amide bonds. The van der Waals surface area contributed by atoms with Gasteiger partial charge < -0.3 is 5.32 Å². The first-order valence-electron chi connectivity index (χ1n) is 5.25. The van der Waals surface area contributed by atoms with Crippen molar-refractivity contribution in [3.8, 4) is 0 Å². The first kappa shape index (κ1) is 13.7. The average Bonchev–Trinajstić information content (AvgIpc) is 2.28. The van der Waals surface area contributed by atoms with Crippen molar-refractivity contribution in [3.05, 3.63) is 34.3 Å². The largest absolute Gasteiger partial charge is 0.349 e. The van der Waals surface area contributed by atoms with E-state index in [9.17, 15) is 4.79 Å². The predicted octanol–water partition coefficient (Wildman–Crippen LogP) is 3.80. The van der Waals surface area contributed by atoms with Crippen molar-refractivity contribution in [1.29, 1.82) is 0 Å². The topological polar surface area (TPSA) is 29.1 Å². The second-order valence-corrected chi connectivity index (χ2v) is 5.59. The number of halogens is 2. The standard InChI is InChI=1S/C12H15Br2NO/c1-3-10(13)12(16)15-8(2)9-6-4-5-7-11(9)14/h4-8,10H,3H2,1-2H3,(H,15,16)/t8-,10?/m0/s1. The number of hydrogen-bond donors (Lipinski definition) is 1. The van der Waals surface area contributed by atoms with E-state index in [1.54, 1.807) is 0 Å². The summed E-state index contributed by atoms with van der Waals surface area (Å²) >= 11 is 6.82. The Morgan fingerprint density at radius 2 is 2.06 bits per heavy atom. The minimum atomic E-state index is -0.113. The maximum Gasteiger partial charge on any atom is 0.234 e. The molecule has 0 heterocycles. The molecule has 0 aliphatic heterocycles. The summed E-state index contributed by atoms with van der Waals surface area (Å²) in [6, 6.07) is 7.91. The van der Waals surface area contributed by atoms with E-state index >= 15 is 0 Å². The molecule has 4 heteroatoms. The quantitative estimate of drug-likeness (QED) is 0.824. The monoisotopic (exact) mass is 347 g/mol. The predicted molar refractivity (Wildman–Crippen MR) is 73.7 cm³/mol. The van der Waals surface area contributed by atoms with Crippen LogP contribution in [0.25, 0.3) is 0 Å². The lowest BCUT2D eigenvalue weighted by Gasteiger charge is -2.17. The van der Waals surface area contributed by atoms with Crippen molar-refractivity contribution in [3.63, 3.8) is 0 Å². The number of alkyl halides is 1. The molecule has 0 saturated heterocycles. The Balaban J connectivity index is 2.69. The molecule has 0 radical (unpaired) electrons. The van der Waals surface area contributed by atoms with Crippen molar-refractivity contribution >= 4 is 37.8 Å². The minimum absolute atomic E-state index is 0.00896. The van der Waals surface area contributed by atoms with Crippen LogP contribution >= 0.6 is 31.9 Å². The summed E-state index contributed by atoms with van der Waals surface area (Å²) in [4.78, 5) is 11.6. The molecule has 1 aromatic carbocycles. The highest BCUT2D eigenvalue weighted by Gasteiger charge is 2.16. The molecule has 1 unspecified atom stereocenters. The fourth-order valence-corrected chi connectivity index (χ4v) is 2.15. The first-order chi connectivity index (χ1) is 7.56. The minimum Gasteiger partial charge on any atom is -0.349 e. The van der Waals surface area contributed by atoms with Crippen LogP contribution in [-0.4, -0.2) is 10.7 Å². The number of nitrogens with one attached hydrogen (secondary N) is 1. The highest BCUT2D eigenvalue weighted by molar-refractivity contribution is 9.10. The summed E-state index contributed by atoms with van der Waals surface area (Å²) in [6.45, 7) is 3.95. The molecule has 2 atom stereocenters. The zero-order chi connectivity index (χ0) is 12.1. The third kappa shape index (κ3) is 3.59. The molecule has 1 aromatic rings. The van der Waals surface area contributed by atoms with Crippen LogP contribution in [0.3, 0.4) is 0 Å². The lowest BCUT2D eigenvalue weighted by Crippen LogP contribution is -2.32. The SMILES string of the molecule is CCC(Br)C(=O)N[C@@H](C)c1ccccc1Br. The molecule has 88 valence electrons. The number of amides is 1. The van der Waals surface area contributed by atoms with E-state index in [4.69, 9.17) is 0 Å². The van der Waals surface area contributed by atoms with Crippen LogP contribution in [-0.2, 0) is 4.79 Å². The maximum atomic E-state index is 11.7. The zero-order valence-electron chi connectivity index (χ0n) is 9.34. The van der Waals surface area contributed by atoms with E-state index in [1.807, 2.05) is 38.1 Å². The second-order valence-electron chi connectivity index (χ2n) is 3.63. The van der Waals surface area contributed by atoms with Gasteiger partial charge >= 0.3 is 0 Å². The van der Waals surface area contributed by atoms with E-state index in [1.165, 1.54) is 0 Å². The van der Waals surface area contributed by atoms with Crippen LogP contribution < -0.4 is 5.32 Å². The summed E-state index contributed by atoms with van der Waals surface area (Å²) in [5.41, 5.74) is 1.09. The molecule has 0 aromatic heterocycles. The third-order valence-electron chi connectivity index (χ3n) is 2.37. The van der Waals surface area contributed by atoms with Gasteiger partial charge in [0.25, 0.3) is 0 Å². The van der Waals surface area contributed by atoms with Crippen molar-refractivity contribution in [1.82, 2.24) is 5.32 Å². The molecular formula is C12H15Br2NO. The molecule has 0 aliphatic carbocycles. The Morgan fingerprint density at radius 3 is 2.62 bits per heavy atom. The van der Waals surface area contributed by atoms with Gasteiger partial charge in [0.15, 0.2) is 0 Å². The van der Waals surface area contributed by atoms with E-state index < -0.39 is 0 Å². The van der Waals surface area contributed by atoms with E-state index in [0.29, 0.717) is 0 Å². The Bertz CT molecular complexity index is 368. The molecule has 0 bridgehead atoms. The molecule has 1 N–H and O–H groups in total. The number of benzene rings is 1. The number of rotatable bonds is 4. The second kappa shape index (κ2) is 6.40. The fraction of sp³-hybridized carbons (Fsp3) is 0.417. The molecule has 0 saturated carbocycles. The zero-order valence-corrected chi connectivity index (χ0v) is 12.5. The molecule has 1 rings (SSSR count). The van der Waals surface area contributed by atoms with Crippen LogP contribution in [0.2, 0.25) is 0 Å². The van der Waals surface area contributed by atoms with Gasteiger partial charge in [0.05, 0.1) is 10.9 Å². The Kier molecular flexibility index (Phi) is 5.49. The fourth-order valence-electron chi connectivity index (χ4n) is 1.39. The molecule has 16 heavy (non-hydrogen) atoms. The Labute approximate surface area is 113 Å². The first-order valence-corrected chi connectivity index (χ1v) is 6.96. The summed E-state index contributed by atoms with van der Waals surface area (Å²) < 4.78 is 1.02. The lowest BCUT2D eigenvalue weighted by atomic mass is 10.1. The van der Waals surface area contributed by atoms with Crippen molar-refractivity contribution in [2.75, 3.05) is 0 Å². The molecule has 0 spiro atoms. The Morgan fingerprint density at radius 1 is 1.44 bits per heavy atom. The van der Waals surface area contributed by atoms with Crippen LogP contribution in [0.1, 0.15) is 31.9 Å². The number of carbonyl (C=O) groups is 1. The molecule has 0 aliphatic rings. The number of hydrogen-bond acceptors (Lipinski definition) is 1. The third-order valence-corrected chi connectivity index (χ3v) is 4.16. The van der Waals surface area contributed by atoms with Gasteiger partial charge in [0.1, 0.15) is 0 Å². The van der Waals surface area contributed by atoms with Crippen molar-refractivity contribution in [2.24, 2.45) is 0 Å². The Hall–Kier alpha value is -0.350. The smallest absolute Gasteiger partial charge is 0.234 e. The summed E-state index contributed by atoms with van der Waals surface area (Å²) in [5.74, 6) is 0.0331. The van der Waals surface area contributed by atoms with Gasteiger partial charge in [-0.1, -0.05) is 57.0 Å². The van der Waals surface area contributed by atoms with Gasteiger partial charge in [-0.2, -0.15) is 0 Å². The van der Waals surface area contributed by atoms with Gasteiger partial charge in [-0.3, -0.25) is 4.79 Å². The number of carbonyl (C=O) groups excluding carboxylic acids is 1. The average molecular weight is 349 g/mol. The molecule has 2 nitrogen and oxygen atoms in total. The van der Waals surface area contributed by atoms with Gasteiger partial charge in [-0.15, -0.1) is 0 Å². The van der Waals surface area contributed by atoms with Crippen LogP contribution in [0.4, 0.5) is 0 Å². The van der Waals surface area contributed by atoms with Crippen LogP contribution in [0, 0.1) is 0 Å². The summed E-state index contributed by atoms with van der Waals surface area (Å²) in [5, 5.41) is 2.97. The lowest BCUT2D eigenvalue weighted by molar-refractivity contribution is -0.121. The van der Waals surface area contributed by atoms with E-state index in [2.05, 4.69) is 37.2 Å². The summed E-state index contributed by atoms with van der Waals surface area (Å²) in [7, 11) is 0. The maximum absolute atomic E-state index is 11.7. The highest BCUT2D eigenvalue weighted by Crippen LogP contribution is 2.23. The van der Waals surface area contributed by atoms with E-state index in [0.717, 1.165) is 16.5 Å². The van der Waals surface area contributed by atoms with Crippen LogP contribution in [0.15, 0.2) is 28.7 Å². The van der Waals surface area contributed by atoms with E-state index in [-0.39, 0.29) is 16.8 Å².